The number of ether oxygens (including phenoxy) is 1. The lowest BCUT2D eigenvalue weighted by Gasteiger charge is -2.16. The highest BCUT2D eigenvalue weighted by Gasteiger charge is 2.20. The van der Waals surface area contributed by atoms with Crippen molar-refractivity contribution in [3.8, 4) is 0 Å². The lowest BCUT2D eigenvalue weighted by Crippen LogP contribution is -2.30. The van der Waals surface area contributed by atoms with Crippen LogP contribution in [0.3, 0.4) is 0 Å². The second-order valence-electron chi connectivity index (χ2n) is 7.07. The Morgan fingerprint density at radius 3 is 3.07 bits per heavy atom. The number of fused-ring (bicyclic) bond motifs is 1. The van der Waals surface area contributed by atoms with Gasteiger partial charge in [-0.15, -0.1) is 11.3 Å². The van der Waals surface area contributed by atoms with E-state index >= 15 is 0 Å². The summed E-state index contributed by atoms with van der Waals surface area (Å²) in [5, 5.41) is 6.51. The number of carbonyl (C=O) groups is 1. The molecule has 2 aromatic heterocycles. The number of amides is 1. The number of nitrogens with one attached hydrogen (secondary N) is 1. The summed E-state index contributed by atoms with van der Waals surface area (Å²) < 4.78 is 7.35. The van der Waals surface area contributed by atoms with Crippen LogP contribution < -0.4 is 10.9 Å². The predicted molar refractivity (Wildman–Crippen MR) is 122 cm³/mol. The van der Waals surface area contributed by atoms with Gasteiger partial charge in [-0.05, 0) is 48.9 Å². The van der Waals surface area contributed by atoms with Crippen LogP contribution in [-0.2, 0) is 22.5 Å². The topological polar surface area (TPSA) is 73.2 Å². The highest BCUT2D eigenvalue weighted by atomic mass is 35.5. The molecule has 0 aliphatic carbocycles. The Morgan fingerprint density at radius 1 is 1.40 bits per heavy atom. The highest BCUT2D eigenvalue weighted by molar-refractivity contribution is 7.99. The normalized spacial score (nSPS) is 16.2. The van der Waals surface area contributed by atoms with Gasteiger partial charge in [0.2, 0.25) is 5.91 Å². The van der Waals surface area contributed by atoms with Gasteiger partial charge in [0.15, 0.2) is 5.16 Å². The first-order valence-corrected chi connectivity index (χ1v) is 12.1. The lowest BCUT2D eigenvalue weighted by atomic mass is 10.2. The van der Waals surface area contributed by atoms with Gasteiger partial charge in [-0.25, -0.2) is 4.98 Å². The molecule has 1 aliphatic rings. The summed E-state index contributed by atoms with van der Waals surface area (Å²) in [7, 11) is 0. The highest BCUT2D eigenvalue weighted by Crippen LogP contribution is 2.22. The average molecular weight is 464 g/mol. The summed E-state index contributed by atoms with van der Waals surface area (Å²) in [6, 6.07) is 9.13. The summed E-state index contributed by atoms with van der Waals surface area (Å²) in [5.74, 6) is 0.106. The molecular formula is C21H22ClN3O3S2. The van der Waals surface area contributed by atoms with E-state index in [1.165, 1.54) is 16.6 Å². The molecule has 6 nitrogen and oxygen atoms in total. The number of nitrogens with zero attached hydrogens (tertiary/aromatic N) is 2. The van der Waals surface area contributed by atoms with Crippen molar-refractivity contribution < 1.29 is 9.53 Å². The molecule has 9 heteroatoms. The predicted octanol–water partition coefficient (Wildman–Crippen LogP) is 3.74. The van der Waals surface area contributed by atoms with Gasteiger partial charge in [0, 0.05) is 23.1 Å². The van der Waals surface area contributed by atoms with Crippen LogP contribution in [0.25, 0.3) is 10.9 Å². The number of carbonyl (C=O) groups excluding carboxylic acids is 1. The lowest BCUT2D eigenvalue weighted by molar-refractivity contribution is -0.118. The quantitative estimate of drug-likeness (QED) is 0.407. The van der Waals surface area contributed by atoms with Crippen molar-refractivity contribution in [2.45, 2.75) is 37.1 Å². The minimum Gasteiger partial charge on any atom is -0.376 e. The molecule has 3 heterocycles. The van der Waals surface area contributed by atoms with E-state index in [0.717, 1.165) is 19.3 Å². The zero-order valence-corrected chi connectivity index (χ0v) is 18.7. The van der Waals surface area contributed by atoms with Crippen LogP contribution in [-0.4, -0.2) is 40.5 Å². The number of benzene rings is 1. The number of hydrogen-bond acceptors (Lipinski definition) is 6. The minimum absolute atomic E-state index is 0.00628. The second-order valence-corrected chi connectivity index (χ2v) is 9.49. The maximum atomic E-state index is 13.1. The molecule has 1 aromatic carbocycles. The van der Waals surface area contributed by atoms with Crippen molar-refractivity contribution in [3.63, 3.8) is 0 Å². The van der Waals surface area contributed by atoms with Gasteiger partial charge >= 0.3 is 0 Å². The third kappa shape index (κ3) is 5.24. The summed E-state index contributed by atoms with van der Waals surface area (Å²) >= 11 is 9.03. The first-order chi connectivity index (χ1) is 14.6. The molecule has 1 fully saturated rings. The van der Waals surface area contributed by atoms with Crippen molar-refractivity contribution in [1.82, 2.24) is 14.9 Å². The van der Waals surface area contributed by atoms with E-state index in [1.807, 2.05) is 11.4 Å². The third-order valence-electron chi connectivity index (χ3n) is 4.90. The summed E-state index contributed by atoms with van der Waals surface area (Å²) in [6.07, 6.45) is 2.71. The van der Waals surface area contributed by atoms with Crippen molar-refractivity contribution in [1.29, 1.82) is 0 Å². The number of thioether (sulfide) groups is 1. The fourth-order valence-corrected chi connectivity index (χ4v) is 5.11. The molecule has 0 spiro atoms. The van der Waals surface area contributed by atoms with Gasteiger partial charge in [-0.3, -0.25) is 14.2 Å². The van der Waals surface area contributed by atoms with E-state index in [1.54, 1.807) is 34.1 Å². The summed E-state index contributed by atoms with van der Waals surface area (Å²) in [6.45, 7) is 1.74. The molecule has 0 bridgehead atoms. The van der Waals surface area contributed by atoms with Gasteiger partial charge in [0.1, 0.15) is 0 Å². The molecule has 1 aliphatic heterocycles. The molecule has 3 aromatic rings. The molecule has 1 amide bonds. The molecule has 4 rings (SSSR count). The first-order valence-electron chi connectivity index (χ1n) is 9.84. The fraction of sp³-hybridized carbons (Fsp3) is 0.381. The van der Waals surface area contributed by atoms with Crippen LogP contribution in [0.5, 0.6) is 0 Å². The molecular weight excluding hydrogens is 442 g/mol. The Morgan fingerprint density at radius 2 is 2.30 bits per heavy atom. The number of rotatable bonds is 8. The van der Waals surface area contributed by atoms with Crippen LogP contribution in [0.2, 0.25) is 5.02 Å². The number of hydrogen-bond donors (Lipinski definition) is 1. The molecule has 1 saturated heterocycles. The van der Waals surface area contributed by atoms with E-state index in [9.17, 15) is 9.59 Å². The van der Waals surface area contributed by atoms with E-state index in [4.69, 9.17) is 16.3 Å². The second kappa shape index (κ2) is 9.96. The van der Waals surface area contributed by atoms with E-state index in [0.29, 0.717) is 40.8 Å². The molecule has 1 atom stereocenters. The number of halogens is 1. The van der Waals surface area contributed by atoms with Gasteiger partial charge < -0.3 is 10.1 Å². The molecule has 30 heavy (non-hydrogen) atoms. The van der Waals surface area contributed by atoms with Crippen molar-refractivity contribution in [2.75, 3.05) is 18.9 Å². The Bertz CT molecular complexity index is 1080. The largest absolute Gasteiger partial charge is 0.376 e. The SMILES string of the molecule is O=C(CSc1nc2cc(Cl)ccc2c(=O)n1C[C@H]1CCCO1)NCCc1cccs1. The van der Waals surface area contributed by atoms with Crippen LogP contribution in [0.1, 0.15) is 17.7 Å². The zero-order valence-electron chi connectivity index (χ0n) is 16.3. The Labute approximate surface area is 187 Å². The fourth-order valence-electron chi connectivity index (χ4n) is 3.40. The number of thiophene rings is 1. The van der Waals surface area contributed by atoms with Crippen LogP contribution >= 0.6 is 34.7 Å². The standard InChI is InChI=1S/C21H22ClN3O3S2/c22-14-5-6-17-18(11-14)24-21(25(20(17)27)12-15-3-1-9-28-15)30-13-19(26)23-8-7-16-4-2-10-29-16/h2,4-6,10-11,15H,1,3,7-9,12-13H2,(H,23,26)/t15-/m1/s1. The van der Waals surface area contributed by atoms with Gasteiger partial charge in [-0.1, -0.05) is 29.4 Å². The van der Waals surface area contributed by atoms with E-state index < -0.39 is 0 Å². The Hall–Kier alpha value is -1.87. The van der Waals surface area contributed by atoms with E-state index in [-0.39, 0.29) is 23.3 Å². The van der Waals surface area contributed by atoms with Crippen LogP contribution in [0, 0.1) is 0 Å². The molecule has 158 valence electrons. The molecule has 0 unspecified atom stereocenters. The average Bonchev–Trinajstić information content (AvgIpc) is 3.43. The Kier molecular flexibility index (Phi) is 7.09. The van der Waals surface area contributed by atoms with Gasteiger partial charge in [-0.2, -0.15) is 0 Å². The van der Waals surface area contributed by atoms with Gasteiger partial charge in [0.25, 0.3) is 5.56 Å². The zero-order chi connectivity index (χ0) is 20.9. The number of aromatic nitrogens is 2. The van der Waals surface area contributed by atoms with Crippen LogP contribution in [0.4, 0.5) is 0 Å². The van der Waals surface area contributed by atoms with Gasteiger partial charge in [0.05, 0.1) is 29.3 Å². The van der Waals surface area contributed by atoms with Crippen LogP contribution in [0.15, 0.2) is 45.7 Å². The first kappa shape index (κ1) is 21.4. The molecule has 0 saturated carbocycles. The smallest absolute Gasteiger partial charge is 0.262 e. The maximum absolute atomic E-state index is 13.1. The van der Waals surface area contributed by atoms with Crippen molar-refractivity contribution in [3.05, 3.63) is 56.0 Å². The summed E-state index contributed by atoms with van der Waals surface area (Å²) in [5.41, 5.74) is 0.407. The summed E-state index contributed by atoms with van der Waals surface area (Å²) in [4.78, 5) is 31.3. The monoisotopic (exact) mass is 463 g/mol. The third-order valence-corrected chi connectivity index (χ3v) is 7.05. The maximum Gasteiger partial charge on any atom is 0.262 e. The minimum atomic E-state index is -0.132. The molecule has 0 radical (unpaired) electrons. The molecule has 1 N–H and O–H groups in total. The van der Waals surface area contributed by atoms with Crippen molar-refractivity contribution in [2.24, 2.45) is 0 Å². The van der Waals surface area contributed by atoms with Crippen molar-refractivity contribution >= 4 is 51.5 Å². The Balaban J connectivity index is 1.49. The van der Waals surface area contributed by atoms with E-state index in [2.05, 4.69) is 16.4 Å².